The van der Waals surface area contributed by atoms with Crippen LogP contribution in [0, 0.1) is 6.92 Å². The average Bonchev–Trinajstić information content (AvgIpc) is 3.26. The Hall–Kier alpha value is -2.81. The molecule has 2 N–H and O–H groups in total. The highest BCUT2D eigenvalue weighted by Gasteiger charge is 2.23. The van der Waals surface area contributed by atoms with E-state index in [1.165, 1.54) is 17.2 Å². The molecule has 8 heteroatoms. The first kappa shape index (κ1) is 22.4. The molecule has 1 amide bonds. The van der Waals surface area contributed by atoms with Crippen LogP contribution in [-0.4, -0.2) is 52.8 Å². The molecule has 3 heterocycles. The third-order valence-electron chi connectivity index (χ3n) is 5.79. The summed E-state index contributed by atoms with van der Waals surface area (Å²) in [7, 11) is 0. The Morgan fingerprint density at radius 2 is 2.16 bits per heavy atom. The topological polar surface area (TPSA) is 88.6 Å². The fourth-order valence-electron chi connectivity index (χ4n) is 3.95. The summed E-state index contributed by atoms with van der Waals surface area (Å²) < 4.78 is 5.41. The van der Waals surface area contributed by atoms with Crippen molar-refractivity contribution in [3.63, 3.8) is 0 Å². The zero-order valence-electron chi connectivity index (χ0n) is 18.5. The van der Waals surface area contributed by atoms with Gasteiger partial charge in [-0.15, -0.1) is 0 Å². The van der Waals surface area contributed by atoms with E-state index < -0.39 is 0 Å². The third-order valence-corrected chi connectivity index (χ3v) is 5.79. The summed E-state index contributed by atoms with van der Waals surface area (Å²) in [4.78, 5) is 28.4. The first-order valence-electron chi connectivity index (χ1n) is 11.3. The van der Waals surface area contributed by atoms with Crippen LogP contribution in [0.25, 0.3) is 6.08 Å². The second-order valence-electron chi connectivity index (χ2n) is 8.33. The summed E-state index contributed by atoms with van der Waals surface area (Å²) in [6.07, 6.45) is 9.90. The van der Waals surface area contributed by atoms with Gasteiger partial charge in [0.05, 0.1) is 18.1 Å². The number of nitrogens with one attached hydrogen (secondary N) is 2. The van der Waals surface area contributed by atoms with Crippen molar-refractivity contribution in [3.05, 3.63) is 59.6 Å². The normalized spacial score (nSPS) is 21.7. The van der Waals surface area contributed by atoms with Crippen molar-refractivity contribution in [3.8, 4) is 0 Å². The summed E-state index contributed by atoms with van der Waals surface area (Å²) in [5, 5.41) is 3.47. The lowest BCUT2D eigenvalue weighted by Gasteiger charge is -2.21. The van der Waals surface area contributed by atoms with E-state index in [0.717, 1.165) is 51.1 Å². The van der Waals surface area contributed by atoms with Gasteiger partial charge in [-0.2, -0.15) is 0 Å². The SMILES string of the molecule is Cc1ccccc1CN1CC[C@@H](Nc2cnc(/C=C/C(=O)NOC3CCCCO3)cn2)C1. The van der Waals surface area contributed by atoms with E-state index >= 15 is 0 Å². The van der Waals surface area contributed by atoms with Crippen LogP contribution >= 0.6 is 0 Å². The fourth-order valence-corrected chi connectivity index (χ4v) is 3.95. The van der Waals surface area contributed by atoms with E-state index in [1.54, 1.807) is 18.5 Å². The van der Waals surface area contributed by atoms with Gasteiger partial charge in [0.25, 0.3) is 5.91 Å². The van der Waals surface area contributed by atoms with Gasteiger partial charge in [-0.25, -0.2) is 15.3 Å². The number of anilines is 1. The molecule has 1 aromatic heterocycles. The molecule has 4 rings (SSSR count). The molecule has 0 saturated carbocycles. The van der Waals surface area contributed by atoms with Crippen molar-refractivity contribution in [1.82, 2.24) is 20.3 Å². The van der Waals surface area contributed by atoms with Crippen LogP contribution in [0.15, 0.2) is 42.7 Å². The second kappa shape index (κ2) is 11.2. The van der Waals surface area contributed by atoms with E-state index in [9.17, 15) is 4.79 Å². The molecule has 2 saturated heterocycles. The zero-order valence-corrected chi connectivity index (χ0v) is 18.5. The van der Waals surface area contributed by atoms with Gasteiger partial charge in [0.15, 0.2) is 6.29 Å². The lowest BCUT2D eigenvalue weighted by Crippen LogP contribution is -2.32. The highest BCUT2D eigenvalue weighted by atomic mass is 16.8. The molecule has 2 aliphatic heterocycles. The number of nitrogens with zero attached hydrogens (tertiary/aromatic N) is 3. The number of aromatic nitrogens is 2. The molecule has 32 heavy (non-hydrogen) atoms. The number of amides is 1. The number of hydroxylamine groups is 1. The van der Waals surface area contributed by atoms with Crippen LogP contribution in [0.1, 0.15) is 42.5 Å². The van der Waals surface area contributed by atoms with E-state index in [-0.39, 0.29) is 12.2 Å². The standard InChI is InChI=1S/C24H31N5O3/c1-18-6-2-3-7-19(18)16-29-12-11-21(17-29)27-22-15-25-20(14-26-22)9-10-23(30)28-32-24-8-4-5-13-31-24/h2-3,6-7,9-10,14-15,21,24H,4-5,8,11-13,16-17H2,1H3,(H,26,27)(H,28,30)/b10-9+/t21-,24?/m1/s1. The number of carbonyl (C=O) groups excluding carboxylic acids is 1. The molecule has 1 aromatic carbocycles. The Morgan fingerprint density at radius 3 is 2.94 bits per heavy atom. The lowest BCUT2D eigenvalue weighted by molar-refractivity contribution is -0.198. The van der Waals surface area contributed by atoms with Crippen LogP contribution in [0.4, 0.5) is 5.82 Å². The largest absolute Gasteiger partial charge is 0.365 e. The number of likely N-dealkylation sites (tertiary alicyclic amines) is 1. The van der Waals surface area contributed by atoms with E-state index in [0.29, 0.717) is 18.3 Å². The van der Waals surface area contributed by atoms with Crippen molar-refractivity contribution in [2.24, 2.45) is 0 Å². The number of benzene rings is 1. The maximum atomic E-state index is 11.9. The minimum absolute atomic E-state index is 0.347. The predicted molar refractivity (Wildman–Crippen MR) is 122 cm³/mol. The maximum Gasteiger partial charge on any atom is 0.267 e. The molecule has 2 aromatic rings. The molecule has 2 aliphatic rings. The average molecular weight is 438 g/mol. The van der Waals surface area contributed by atoms with Gasteiger partial charge in [0, 0.05) is 44.8 Å². The molecule has 0 aliphatic carbocycles. The maximum absolute atomic E-state index is 11.9. The van der Waals surface area contributed by atoms with E-state index in [1.807, 2.05) is 0 Å². The highest BCUT2D eigenvalue weighted by molar-refractivity contribution is 5.90. The third kappa shape index (κ3) is 6.59. The summed E-state index contributed by atoms with van der Waals surface area (Å²) in [6.45, 7) is 5.83. The van der Waals surface area contributed by atoms with Crippen molar-refractivity contribution >= 4 is 17.8 Å². The van der Waals surface area contributed by atoms with E-state index in [2.05, 4.69) is 56.9 Å². The molecule has 2 atom stereocenters. The Labute approximate surface area is 189 Å². The number of hydrogen-bond acceptors (Lipinski definition) is 7. The predicted octanol–water partition coefficient (Wildman–Crippen LogP) is 3.06. The Balaban J connectivity index is 1.20. The molecule has 0 radical (unpaired) electrons. The number of aryl methyl sites for hydroxylation is 1. The zero-order chi connectivity index (χ0) is 22.2. The van der Waals surface area contributed by atoms with Gasteiger partial charge >= 0.3 is 0 Å². The summed E-state index contributed by atoms with van der Waals surface area (Å²) in [6, 6.07) is 8.89. The molecule has 2 fully saturated rings. The minimum atomic E-state index is -0.366. The summed E-state index contributed by atoms with van der Waals surface area (Å²) >= 11 is 0. The fraction of sp³-hybridized carbons (Fsp3) is 0.458. The highest BCUT2D eigenvalue weighted by Crippen LogP contribution is 2.18. The number of hydrogen-bond donors (Lipinski definition) is 2. The molecule has 0 bridgehead atoms. The summed E-state index contributed by atoms with van der Waals surface area (Å²) in [5.74, 6) is 0.384. The molecule has 170 valence electrons. The van der Waals surface area contributed by atoms with Crippen LogP contribution in [0.5, 0.6) is 0 Å². The Kier molecular flexibility index (Phi) is 7.82. The molecule has 8 nitrogen and oxygen atoms in total. The minimum Gasteiger partial charge on any atom is -0.365 e. The van der Waals surface area contributed by atoms with Crippen molar-refractivity contribution in [2.45, 2.75) is 51.5 Å². The van der Waals surface area contributed by atoms with Crippen LogP contribution in [-0.2, 0) is 20.9 Å². The first-order chi connectivity index (χ1) is 15.7. The van der Waals surface area contributed by atoms with Gasteiger partial charge in [0.1, 0.15) is 5.82 Å². The number of carbonyl (C=O) groups is 1. The molecule has 1 unspecified atom stereocenters. The number of rotatable bonds is 8. The van der Waals surface area contributed by atoms with Crippen molar-refractivity contribution in [2.75, 3.05) is 25.0 Å². The quantitative estimate of drug-likeness (QED) is 0.485. The van der Waals surface area contributed by atoms with E-state index in [4.69, 9.17) is 9.57 Å². The van der Waals surface area contributed by atoms with Gasteiger partial charge in [-0.3, -0.25) is 14.7 Å². The Bertz CT molecular complexity index is 912. The van der Waals surface area contributed by atoms with Crippen LogP contribution < -0.4 is 10.8 Å². The van der Waals surface area contributed by atoms with Crippen LogP contribution in [0.3, 0.4) is 0 Å². The second-order valence-corrected chi connectivity index (χ2v) is 8.33. The van der Waals surface area contributed by atoms with Crippen molar-refractivity contribution in [1.29, 1.82) is 0 Å². The summed E-state index contributed by atoms with van der Waals surface area (Å²) in [5.41, 5.74) is 5.71. The number of ether oxygens (including phenoxy) is 1. The van der Waals surface area contributed by atoms with Gasteiger partial charge < -0.3 is 10.1 Å². The van der Waals surface area contributed by atoms with Crippen LogP contribution in [0.2, 0.25) is 0 Å². The molecular formula is C24H31N5O3. The van der Waals surface area contributed by atoms with Crippen molar-refractivity contribution < 1.29 is 14.4 Å². The lowest BCUT2D eigenvalue weighted by atomic mass is 10.1. The molecule has 0 spiro atoms. The monoisotopic (exact) mass is 437 g/mol. The van der Waals surface area contributed by atoms with Gasteiger partial charge in [-0.05, 0) is 43.4 Å². The van der Waals surface area contributed by atoms with Gasteiger partial charge in [0.2, 0.25) is 0 Å². The first-order valence-corrected chi connectivity index (χ1v) is 11.3. The Morgan fingerprint density at radius 1 is 1.25 bits per heavy atom. The van der Waals surface area contributed by atoms with Gasteiger partial charge in [-0.1, -0.05) is 24.3 Å². The molecular weight excluding hydrogens is 406 g/mol. The smallest absolute Gasteiger partial charge is 0.267 e.